The van der Waals surface area contributed by atoms with E-state index in [0.29, 0.717) is 0 Å². The van der Waals surface area contributed by atoms with Crippen LogP contribution >= 0.6 is 0 Å². The Morgan fingerprint density at radius 1 is 1.12 bits per heavy atom. The number of ether oxygens (including phenoxy) is 1. The number of rotatable bonds is 9. The van der Waals surface area contributed by atoms with Gasteiger partial charge in [0.05, 0.1) is 20.2 Å². The van der Waals surface area contributed by atoms with E-state index in [1.54, 1.807) is 14.0 Å². The number of H-pyrrole nitrogens is 1. The predicted octanol–water partition coefficient (Wildman–Crippen LogP) is 2.22. The van der Waals surface area contributed by atoms with Crippen LogP contribution in [-0.2, 0) is 11.3 Å². The minimum atomic E-state index is -0.687. The summed E-state index contributed by atoms with van der Waals surface area (Å²) in [5.74, 6) is 0.415. The smallest absolute Gasteiger partial charge is 0.330 e. The number of nitrogens with one attached hydrogen (secondary N) is 1. The summed E-state index contributed by atoms with van der Waals surface area (Å²) >= 11 is 0. The van der Waals surface area contributed by atoms with Crippen molar-refractivity contribution in [3.8, 4) is 5.75 Å². The number of hydrogen-bond acceptors (Lipinski definition) is 6. The third kappa shape index (κ3) is 5.37. The maximum atomic E-state index is 13.2. The fourth-order valence-electron chi connectivity index (χ4n) is 3.79. The molecule has 0 aliphatic rings. The fourth-order valence-corrected chi connectivity index (χ4v) is 3.79. The van der Waals surface area contributed by atoms with Crippen LogP contribution in [0.1, 0.15) is 31.0 Å². The molecule has 9 nitrogen and oxygen atoms in total. The highest BCUT2D eigenvalue weighted by Crippen LogP contribution is 2.23. The Labute approximate surface area is 198 Å². The summed E-state index contributed by atoms with van der Waals surface area (Å²) in [6.07, 6.45) is 0. The topological polar surface area (TPSA) is 114 Å². The highest BCUT2D eigenvalue weighted by Gasteiger charge is 2.25. The number of carbonyl (C=O) groups excluding carboxylic acids is 1. The van der Waals surface area contributed by atoms with Gasteiger partial charge in [-0.2, -0.15) is 0 Å². The zero-order chi connectivity index (χ0) is 24.8. The van der Waals surface area contributed by atoms with Crippen molar-refractivity contribution in [3.63, 3.8) is 0 Å². The van der Waals surface area contributed by atoms with Crippen molar-refractivity contribution in [2.24, 2.45) is 0 Å². The third-order valence-electron chi connectivity index (χ3n) is 5.93. The van der Waals surface area contributed by atoms with Gasteiger partial charge < -0.3 is 15.4 Å². The first-order chi connectivity index (χ1) is 16.3. The first-order valence-corrected chi connectivity index (χ1v) is 11.1. The zero-order valence-corrected chi connectivity index (χ0v) is 19.9. The monoisotopic (exact) mass is 465 g/mol. The molecule has 1 unspecified atom stereocenters. The van der Waals surface area contributed by atoms with Crippen molar-refractivity contribution >= 4 is 17.4 Å². The number of hydrogen-bond donors (Lipinski definition) is 2. The van der Waals surface area contributed by atoms with Gasteiger partial charge in [0.25, 0.3) is 5.56 Å². The zero-order valence-electron chi connectivity index (χ0n) is 19.9. The van der Waals surface area contributed by atoms with Crippen LogP contribution in [0.4, 0.5) is 11.5 Å². The maximum absolute atomic E-state index is 13.2. The molecule has 1 heterocycles. The van der Waals surface area contributed by atoms with E-state index < -0.39 is 11.2 Å². The Balaban J connectivity index is 1.85. The number of amides is 1. The van der Waals surface area contributed by atoms with Gasteiger partial charge in [0.2, 0.25) is 5.91 Å². The second kappa shape index (κ2) is 10.8. The number of methoxy groups -OCH3 is 1. The minimum Gasteiger partial charge on any atom is -0.497 e. The van der Waals surface area contributed by atoms with Crippen LogP contribution in [0.2, 0.25) is 0 Å². The number of nitrogen functional groups attached to an aromatic ring is 1. The molecule has 0 fully saturated rings. The summed E-state index contributed by atoms with van der Waals surface area (Å²) in [4.78, 5) is 43.9. The van der Waals surface area contributed by atoms with Crippen LogP contribution in [-0.4, -0.2) is 47.6 Å². The molecule has 2 aromatic carbocycles. The van der Waals surface area contributed by atoms with Crippen LogP contribution in [0.15, 0.2) is 64.2 Å². The molecule has 1 amide bonds. The van der Waals surface area contributed by atoms with Crippen molar-refractivity contribution in [2.45, 2.75) is 26.4 Å². The standard InChI is InChI=1S/C25H31N5O4/c1-5-29(21(31)16-28(3)17(2)19-11-13-20(34-4)14-12-19)22-23(26)30(25(33)27-24(22)32)15-18-9-7-6-8-10-18/h6-14,17H,5,15-16,26H2,1-4H3,(H,27,32,33). The first-order valence-electron chi connectivity index (χ1n) is 11.1. The molecular formula is C25H31N5O4. The van der Waals surface area contributed by atoms with Gasteiger partial charge in [0.1, 0.15) is 11.6 Å². The Hall–Kier alpha value is -3.85. The van der Waals surface area contributed by atoms with E-state index in [-0.39, 0.29) is 43.1 Å². The SMILES string of the molecule is CCN(C(=O)CN(C)C(C)c1ccc(OC)cc1)c1c(N)n(Cc2ccccc2)c(=O)[nH]c1=O. The summed E-state index contributed by atoms with van der Waals surface area (Å²) in [6.45, 7) is 4.20. The highest BCUT2D eigenvalue weighted by atomic mass is 16.5. The molecule has 9 heteroatoms. The molecule has 180 valence electrons. The average molecular weight is 466 g/mol. The summed E-state index contributed by atoms with van der Waals surface area (Å²) in [7, 11) is 3.45. The van der Waals surface area contributed by atoms with Gasteiger partial charge in [0.15, 0.2) is 5.69 Å². The Kier molecular flexibility index (Phi) is 7.91. The predicted molar refractivity (Wildman–Crippen MR) is 133 cm³/mol. The van der Waals surface area contributed by atoms with Crippen LogP contribution in [0, 0.1) is 0 Å². The quantitative estimate of drug-likeness (QED) is 0.501. The summed E-state index contributed by atoms with van der Waals surface area (Å²) < 4.78 is 6.47. The maximum Gasteiger partial charge on any atom is 0.330 e. The Morgan fingerprint density at radius 2 is 1.76 bits per heavy atom. The molecule has 3 rings (SSSR count). The molecule has 3 aromatic rings. The molecule has 0 aliphatic carbocycles. The number of likely N-dealkylation sites (N-methyl/N-ethyl adjacent to an activating group) is 2. The molecule has 0 saturated heterocycles. The highest BCUT2D eigenvalue weighted by molar-refractivity contribution is 5.96. The van der Waals surface area contributed by atoms with Crippen LogP contribution in [0.25, 0.3) is 0 Å². The van der Waals surface area contributed by atoms with Crippen molar-refractivity contribution in [1.29, 1.82) is 0 Å². The van der Waals surface area contributed by atoms with Gasteiger partial charge in [0, 0.05) is 12.6 Å². The van der Waals surface area contributed by atoms with E-state index in [2.05, 4.69) is 4.98 Å². The van der Waals surface area contributed by atoms with E-state index in [0.717, 1.165) is 16.9 Å². The van der Waals surface area contributed by atoms with Crippen LogP contribution in [0.5, 0.6) is 5.75 Å². The van der Waals surface area contributed by atoms with Crippen molar-refractivity contribution in [2.75, 3.05) is 37.9 Å². The number of nitrogens with zero attached hydrogens (tertiary/aromatic N) is 3. The molecule has 0 aliphatic heterocycles. The van der Waals surface area contributed by atoms with Gasteiger partial charge in [-0.1, -0.05) is 42.5 Å². The van der Waals surface area contributed by atoms with Crippen molar-refractivity contribution < 1.29 is 9.53 Å². The van der Waals surface area contributed by atoms with Gasteiger partial charge in [-0.15, -0.1) is 0 Å². The first kappa shape index (κ1) is 24.8. The largest absolute Gasteiger partial charge is 0.497 e. The number of anilines is 2. The van der Waals surface area contributed by atoms with E-state index >= 15 is 0 Å². The second-order valence-corrected chi connectivity index (χ2v) is 8.07. The van der Waals surface area contributed by atoms with Gasteiger partial charge in [-0.05, 0) is 44.2 Å². The van der Waals surface area contributed by atoms with E-state index in [4.69, 9.17) is 10.5 Å². The summed E-state index contributed by atoms with van der Waals surface area (Å²) in [5, 5.41) is 0. The Bertz CT molecular complexity index is 1230. The third-order valence-corrected chi connectivity index (χ3v) is 5.93. The molecule has 3 N–H and O–H groups in total. The number of carbonyl (C=O) groups is 1. The molecule has 0 radical (unpaired) electrons. The number of nitrogens with two attached hydrogens (primary N) is 1. The lowest BCUT2D eigenvalue weighted by Crippen LogP contribution is -2.44. The normalized spacial score (nSPS) is 11.9. The molecule has 1 atom stereocenters. The van der Waals surface area contributed by atoms with Gasteiger partial charge >= 0.3 is 5.69 Å². The molecule has 0 bridgehead atoms. The minimum absolute atomic E-state index is 0.0199. The Morgan fingerprint density at radius 3 is 2.35 bits per heavy atom. The molecule has 34 heavy (non-hydrogen) atoms. The van der Waals surface area contributed by atoms with Gasteiger partial charge in [-0.3, -0.25) is 24.0 Å². The molecular weight excluding hydrogens is 434 g/mol. The average Bonchev–Trinajstić information content (AvgIpc) is 2.84. The lowest BCUT2D eigenvalue weighted by molar-refractivity contribution is -0.119. The fraction of sp³-hybridized carbons (Fsp3) is 0.320. The molecule has 0 saturated carbocycles. The lowest BCUT2D eigenvalue weighted by atomic mass is 10.1. The van der Waals surface area contributed by atoms with E-state index in [1.807, 2.05) is 73.5 Å². The number of aromatic amines is 1. The number of benzene rings is 2. The summed E-state index contributed by atoms with van der Waals surface area (Å²) in [6, 6.07) is 16.9. The number of aromatic nitrogens is 2. The van der Waals surface area contributed by atoms with Crippen LogP contribution < -0.4 is 26.6 Å². The summed E-state index contributed by atoms with van der Waals surface area (Å²) in [5.41, 5.74) is 6.82. The van der Waals surface area contributed by atoms with E-state index in [1.165, 1.54) is 9.47 Å². The van der Waals surface area contributed by atoms with Crippen LogP contribution in [0.3, 0.4) is 0 Å². The van der Waals surface area contributed by atoms with Crippen molar-refractivity contribution in [1.82, 2.24) is 14.5 Å². The van der Waals surface area contributed by atoms with Gasteiger partial charge in [-0.25, -0.2) is 4.79 Å². The lowest BCUT2D eigenvalue weighted by Gasteiger charge is -2.29. The van der Waals surface area contributed by atoms with Crippen molar-refractivity contribution in [3.05, 3.63) is 86.6 Å². The van der Waals surface area contributed by atoms with E-state index in [9.17, 15) is 14.4 Å². The molecule has 0 spiro atoms. The second-order valence-electron chi connectivity index (χ2n) is 8.07. The molecule has 1 aromatic heterocycles.